The Kier molecular flexibility index (Phi) is 60.5. The molecule has 0 fully saturated rings. The van der Waals surface area contributed by atoms with Gasteiger partial charge in [0.1, 0.15) is 6.61 Å². The van der Waals surface area contributed by atoms with Crippen molar-refractivity contribution >= 4 is 0 Å². The van der Waals surface area contributed by atoms with Gasteiger partial charge < -0.3 is 100 Å². The number of terminal acetylenes is 1. The molecular weight excluding hydrogens is 850 g/mol. The van der Waals surface area contributed by atoms with Crippen LogP contribution in [0.3, 0.4) is 0 Å². The highest BCUT2D eigenvalue weighted by Gasteiger charge is 1.99. The fourth-order valence-corrected chi connectivity index (χ4v) is 4.39. The van der Waals surface area contributed by atoms with Crippen molar-refractivity contribution in [3.8, 4) is 12.3 Å². The molecule has 2 N–H and O–H groups in total. The third kappa shape index (κ3) is 60.7. The molecule has 0 atom stereocenters. The number of nitrogens with two attached hydrogens (primary N) is 1. The Morgan fingerprint density at radius 2 is 0.297 bits per heavy atom. The number of hydrogen-bond donors (Lipinski definition) is 1. The molecule has 0 radical (unpaired) electrons. The summed E-state index contributed by atoms with van der Waals surface area (Å²) in [5, 5.41) is 0. The predicted octanol–water partition coefficient (Wildman–Crippen LogP) is -0.0897. The Morgan fingerprint density at radius 1 is 0.188 bits per heavy atom. The third-order valence-corrected chi connectivity index (χ3v) is 7.52. The Hall–Kier alpha value is -1.28. The largest absolute Gasteiger partial charge is 0.378 e. The van der Waals surface area contributed by atoms with Gasteiger partial charge in [0.15, 0.2) is 0 Å². The lowest BCUT2D eigenvalue weighted by molar-refractivity contribution is -0.0313. The average molecular weight is 936 g/mol. The molecule has 0 aliphatic heterocycles. The van der Waals surface area contributed by atoms with Gasteiger partial charge in [-0.1, -0.05) is 5.92 Å². The molecule has 0 aromatic rings. The Bertz CT molecular complexity index is 868. The first kappa shape index (κ1) is 62.7. The molecule has 0 bridgehead atoms. The third-order valence-electron chi connectivity index (χ3n) is 7.52. The topological polar surface area (TPSA) is 211 Å². The van der Waals surface area contributed by atoms with E-state index in [9.17, 15) is 0 Å². The quantitative estimate of drug-likeness (QED) is 0.0624. The van der Waals surface area contributed by atoms with Gasteiger partial charge >= 0.3 is 0 Å². The van der Waals surface area contributed by atoms with Crippen molar-refractivity contribution in [2.75, 3.05) is 271 Å². The van der Waals surface area contributed by atoms with E-state index < -0.39 is 0 Å². The first-order chi connectivity index (χ1) is 31.9. The van der Waals surface area contributed by atoms with Crippen LogP contribution in [0, 0.1) is 12.3 Å². The first-order valence-corrected chi connectivity index (χ1v) is 22.6. The van der Waals surface area contributed by atoms with Crippen LogP contribution in [-0.2, 0) is 94.7 Å². The summed E-state index contributed by atoms with van der Waals surface area (Å²) >= 11 is 0. The molecular formula is C43H85NO20. The maximum Gasteiger partial charge on any atom is 0.107 e. The summed E-state index contributed by atoms with van der Waals surface area (Å²) in [4.78, 5) is 0. The molecule has 0 saturated carbocycles. The van der Waals surface area contributed by atoms with Crippen molar-refractivity contribution in [1.29, 1.82) is 0 Å². The second-order valence-corrected chi connectivity index (χ2v) is 12.7. The van der Waals surface area contributed by atoms with E-state index in [1.165, 1.54) is 0 Å². The van der Waals surface area contributed by atoms with Crippen LogP contribution in [0.2, 0.25) is 0 Å². The maximum atomic E-state index is 5.51. The minimum absolute atomic E-state index is 0.302. The van der Waals surface area contributed by atoms with Crippen LogP contribution in [0.15, 0.2) is 0 Å². The van der Waals surface area contributed by atoms with Gasteiger partial charge in [-0.3, -0.25) is 0 Å². The van der Waals surface area contributed by atoms with Crippen LogP contribution in [0.25, 0.3) is 0 Å². The van der Waals surface area contributed by atoms with E-state index in [-0.39, 0.29) is 0 Å². The van der Waals surface area contributed by atoms with Gasteiger partial charge in [0.05, 0.1) is 258 Å². The van der Waals surface area contributed by atoms with Crippen LogP contribution >= 0.6 is 0 Å². The lowest BCUT2D eigenvalue weighted by Crippen LogP contribution is -2.16. The van der Waals surface area contributed by atoms with Gasteiger partial charge in [-0.15, -0.1) is 6.42 Å². The smallest absolute Gasteiger partial charge is 0.107 e. The van der Waals surface area contributed by atoms with Crippen molar-refractivity contribution in [3.63, 3.8) is 0 Å². The molecule has 64 heavy (non-hydrogen) atoms. The van der Waals surface area contributed by atoms with E-state index in [1.807, 2.05) is 0 Å². The fraction of sp³-hybridized carbons (Fsp3) is 0.953. The van der Waals surface area contributed by atoms with E-state index >= 15 is 0 Å². The molecule has 0 saturated heterocycles. The van der Waals surface area contributed by atoms with Crippen molar-refractivity contribution in [2.45, 2.75) is 0 Å². The predicted molar refractivity (Wildman–Crippen MR) is 234 cm³/mol. The van der Waals surface area contributed by atoms with Crippen LogP contribution in [-0.4, -0.2) is 271 Å². The molecule has 0 aliphatic rings. The van der Waals surface area contributed by atoms with Crippen molar-refractivity contribution in [1.82, 2.24) is 0 Å². The van der Waals surface area contributed by atoms with Gasteiger partial charge in [0, 0.05) is 6.54 Å². The van der Waals surface area contributed by atoms with Crippen molar-refractivity contribution < 1.29 is 94.7 Å². The summed E-state index contributed by atoms with van der Waals surface area (Å²) in [6.45, 7) is 20.4. The van der Waals surface area contributed by atoms with Gasteiger partial charge in [-0.05, 0) is 0 Å². The van der Waals surface area contributed by atoms with E-state index in [2.05, 4.69) is 5.92 Å². The van der Waals surface area contributed by atoms with Gasteiger partial charge in [-0.2, -0.15) is 0 Å². The normalized spacial score (nSPS) is 11.6. The lowest BCUT2D eigenvalue weighted by Gasteiger charge is -2.09. The van der Waals surface area contributed by atoms with E-state index in [0.717, 1.165) is 0 Å². The molecule has 0 rings (SSSR count). The minimum atomic E-state index is 0.302. The fourth-order valence-electron chi connectivity index (χ4n) is 4.39. The molecule has 0 aromatic carbocycles. The highest BCUT2D eigenvalue weighted by molar-refractivity contribution is 4.82. The van der Waals surface area contributed by atoms with Gasteiger partial charge in [0.2, 0.25) is 0 Å². The van der Waals surface area contributed by atoms with Crippen LogP contribution in [0.1, 0.15) is 0 Å². The summed E-state index contributed by atoms with van der Waals surface area (Å²) in [5.41, 5.74) is 5.34. The van der Waals surface area contributed by atoms with Crippen LogP contribution < -0.4 is 5.73 Å². The molecule has 0 spiro atoms. The maximum absolute atomic E-state index is 5.51. The van der Waals surface area contributed by atoms with E-state index in [1.54, 1.807) is 0 Å². The second kappa shape index (κ2) is 61.7. The van der Waals surface area contributed by atoms with Crippen molar-refractivity contribution in [3.05, 3.63) is 0 Å². The molecule has 0 heterocycles. The van der Waals surface area contributed by atoms with Crippen LogP contribution in [0.4, 0.5) is 0 Å². The summed E-state index contributed by atoms with van der Waals surface area (Å²) in [6, 6.07) is 0. The molecule has 21 heteroatoms. The summed E-state index contributed by atoms with van der Waals surface area (Å²) in [6.07, 6.45) is 5.09. The number of hydrogen-bond acceptors (Lipinski definition) is 21. The summed E-state index contributed by atoms with van der Waals surface area (Å²) in [7, 11) is 0. The SMILES string of the molecule is C#CCOCCOCCOCCOCCOCCOCCOCCOCCOCCOCCOCCOCCOCCOCCOCCOCCOCCOCCOCCOCCN. The van der Waals surface area contributed by atoms with E-state index in [0.29, 0.717) is 271 Å². The van der Waals surface area contributed by atoms with Crippen LogP contribution in [0.5, 0.6) is 0 Å². The molecule has 0 aliphatic carbocycles. The Morgan fingerprint density at radius 3 is 0.406 bits per heavy atom. The molecule has 0 amide bonds. The molecule has 382 valence electrons. The van der Waals surface area contributed by atoms with Gasteiger partial charge in [0.25, 0.3) is 0 Å². The number of ether oxygens (including phenoxy) is 20. The van der Waals surface area contributed by atoms with Crippen molar-refractivity contribution in [2.24, 2.45) is 5.73 Å². The monoisotopic (exact) mass is 936 g/mol. The average Bonchev–Trinajstić information content (AvgIpc) is 3.31. The second-order valence-electron chi connectivity index (χ2n) is 12.7. The standard InChI is InChI=1S/C43H85NO20/c1-2-4-45-6-8-47-10-12-49-14-16-51-18-20-53-22-24-55-26-28-57-30-32-59-34-36-61-38-40-63-42-43-64-41-39-62-37-35-60-33-31-58-29-27-56-25-23-54-21-19-52-17-15-50-13-11-48-9-7-46-5-3-44/h1H,3-44H2. The highest BCUT2D eigenvalue weighted by atomic mass is 16.6. The molecule has 0 unspecified atom stereocenters. The summed E-state index contributed by atoms with van der Waals surface area (Å²) in [5.74, 6) is 2.40. The number of rotatable bonds is 60. The molecule has 21 nitrogen and oxygen atoms in total. The zero-order chi connectivity index (χ0) is 45.8. The highest BCUT2D eigenvalue weighted by Crippen LogP contribution is 1.90. The summed E-state index contributed by atoms with van der Waals surface area (Å²) < 4.78 is 109. The zero-order valence-electron chi connectivity index (χ0n) is 38.8. The lowest BCUT2D eigenvalue weighted by atomic mass is 10.6. The van der Waals surface area contributed by atoms with Gasteiger partial charge in [-0.25, -0.2) is 0 Å². The zero-order valence-corrected chi connectivity index (χ0v) is 38.8. The molecule has 0 aromatic heterocycles. The minimum Gasteiger partial charge on any atom is -0.378 e. The Labute approximate surface area is 383 Å². The van der Waals surface area contributed by atoms with E-state index in [4.69, 9.17) is 107 Å². The Balaban J connectivity index is 3.06. The first-order valence-electron chi connectivity index (χ1n) is 22.6.